The maximum absolute atomic E-state index is 6.13. The summed E-state index contributed by atoms with van der Waals surface area (Å²) in [4.78, 5) is 4.84. The highest BCUT2D eigenvalue weighted by Crippen LogP contribution is 2.29. The van der Waals surface area contributed by atoms with E-state index in [2.05, 4.69) is 55.7 Å². The number of nitrogens with zero attached hydrogens (tertiary/aromatic N) is 2. The zero-order chi connectivity index (χ0) is 15.7. The summed E-state index contributed by atoms with van der Waals surface area (Å²) < 4.78 is 2.31. The van der Waals surface area contributed by atoms with Gasteiger partial charge in [-0.15, -0.1) is 0 Å². The molecule has 1 aromatic heterocycles. The summed E-state index contributed by atoms with van der Waals surface area (Å²) in [7, 11) is 0. The van der Waals surface area contributed by atoms with Gasteiger partial charge in [0.05, 0.1) is 11.2 Å². The van der Waals surface area contributed by atoms with E-state index in [0.717, 1.165) is 41.1 Å². The van der Waals surface area contributed by atoms with Gasteiger partial charge in [-0.2, -0.15) is 0 Å². The van der Waals surface area contributed by atoms with Crippen LogP contribution in [-0.4, -0.2) is 9.55 Å². The molecule has 0 atom stereocenters. The second-order valence-electron chi connectivity index (χ2n) is 6.35. The van der Waals surface area contributed by atoms with Gasteiger partial charge in [0, 0.05) is 12.1 Å². The number of rotatable bonds is 4. The highest BCUT2D eigenvalue weighted by Gasteiger charge is 2.14. The van der Waals surface area contributed by atoms with Crippen molar-refractivity contribution in [2.75, 3.05) is 5.73 Å². The fraction of sp³-hybridized carbons (Fsp3) is 0.316. The quantitative estimate of drug-likeness (QED) is 0.712. The Hall–Kier alpha value is -2.29. The molecule has 0 aliphatic heterocycles. The summed E-state index contributed by atoms with van der Waals surface area (Å²) in [5.74, 6) is 1.67. The van der Waals surface area contributed by atoms with Crippen LogP contribution in [0.25, 0.3) is 22.4 Å². The number of hydrogen-bond acceptors (Lipinski definition) is 2. The summed E-state index contributed by atoms with van der Waals surface area (Å²) in [6.45, 7) is 7.57. The molecule has 0 amide bonds. The topological polar surface area (TPSA) is 43.8 Å². The van der Waals surface area contributed by atoms with Crippen LogP contribution in [0.2, 0.25) is 0 Å². The van der Waals surface area contributed by atoms with Gasteiger partial charge in [0.25, 0.3) is 0 Å². The molecule has 0 saturated heterocycles. The van der Waals surface area contributed by atoms with E-state index in [1.165, 1.54) is 5.56 Å². The van der Waals surface area contributed by atoms with Gasteiger partial charge < -0.3 is 10.3 Å². The third-order valence-corrected chi connectivity index (χ3v) is 4.02. The summed E-state index contributed by atoms with van der Waals surface area (Å²) in [5, 5.41) is 0. The van der Waals surface area contributed by atoms with Crippen molar-refractivity contribution in [3.63, 3.8) is 0 Å². The molecule has 0 spiro atoms. The van der Waals surface area contributed by atoms with Crippen LogP contribution in [0.15, 0.2) is 42.5 Å². The Bertz CT molecular complexity index is 800. The summed E-state index contributed by atoms with van der Waals surface area (Å²) in [5.41, 5.74) is 11.3. The minimum Gasteiger partial charge on any atom is -0.397 e. The van der Waals surface area contributed by atoms with Crippen molar-refractivity contribution in [2.24, 2.45) is 5.92 Å². The zero-order valence-corrected chi connectivity index (χ0v) is 13.5. The lowest BCUT2D eigenvalue weighted by Crippen LogP contribution is -2.03. The highest BCUT2D eigenvalue weighted by molar-refractivity contribution is 5.90. The third kappa shape index (κ3) is 2.71. The Morgan fingerprint density at radius 2 is 1.91 bits per heavy atom. The summed E-state index contributed by atoms with van der Waals surface area (Å²) >= 11 is 0. The van der Waals surface area contributed by atoms with E-state index in [4.69, 9.17) is 10.7 Å². The molecule has 1 heterocycles. The number of imidazole rings is 1. The van der Waals surface area contributed by atoms with Crippen molar-refractivity contribution in [3.8, 4) is 11.4 Å². The first-order chi connectivity index (χ1) is 10.6. The van der Waals surface area contributed by atoms with Crippen LogP contribution in [0, 0.1) is 12.8 Å². The molecule has 3 rings (SSSR count). The Kier molecular flexibility index (Phi) is 3.88. The van der Waals surface area contributed by atoms with Crippen LogP contribution in [0.1, 0.15) is 25.8 Å². The Morgan fingerprint density at radius 1 is 1.14 bits per heavy atom. The predicted molar refractivity (Wildman–Crippen MR) is 93.8 cm³/mol. The number of hydrogen-bond donors (Lipinski definition) is 1. The lowest BCUT2D eigenvalue weighted by Gasteiger charge is -2.11. The minimum absolute atomic E-state index is 0.656. The molecule has 0 saturated carbocycles. The van der Waals surface area contributed by atoms with Crippen LogP contribution < -0.4 is 5.73 Å². The first kappa shape index (κ1) is 14.6. The van der Waals surface area contributed by atoms with Crippen molar-refractivity contribution in [2.45, 2.75) is 33.7 Å². The van der Waals surface area contributed by atoms with Gasteiger partial charge in [0.2, 0.25) is 0 Å². The van der Waals surface area contributed by atoms with Gasteiger partial charge in [-0.3, -0.25) is 0 Å². The van der Waals surface area contributed by atoms with Gasteiger partial charge in [-0.05, 0) is 37.5 Å². The van der Waals surface area contributed by atoms with E-state index < -0.39 is 0 Å². The molecule has 114 valence electrons. The number of aromatic nitrogens is 2. The maximum Gasteiger partial charge on any atom is 0.141 e. The van der Waals surface area contributed by atoms with Crippen LogP contribution in [0.5, 0.6) is 0 Å². The van der Waals surface area contributed by atoms with Crippen LogP contribution in [0.4, 0.5) is 5.69 Å². The second-order valence-corrected chi connectivity index (χ2v) is 6.35. The molecule has 2 aromatic carbocycles. The fourth-order valence-corrected chi connectivity index (χ4v) is 2.79. The molecule has 0 fully saturated rings. The predicted octanol–water partition coefficient (Wildman–Crippen LogP) is 4.64. The summed E-state index contributed by atoms with van der Waals surface area (Å²) in [6, 6.07) is 14.5. The molecule has 0 aliphatic rings. The normalized spacial score (nSPS) is 11.5. The maximum atomic E-state index is 6.13. The van der Waals surface area contributed by atoms with Crippen molar-refractivity contribution >= 4 is 16.7 Å². The van der Waals surface area contributed by atoms with Gasteiger partial charge in [-0.1, -0.05) is 43.7 Å². The number of benzene rings is 2. The van der Waals surface area contributed by atoms with Crippen LogP contribution in [-0.2, 0) is 6.54 Å². The minimum atomic E-state index is 0.656. The van der Waals surface area contributed by atoms with Gasteiger partial charge in [-0.25, -0.2) is 4.98 Å². The molecule has 0 radical (unpaired) electrons. The van der Waals surface area contributed by atoms with E-state index in [9.17, 15) is 0 Å². The number of nitrogen functional groups attached to an aromatic ring is 1. The molecule has 3 aromatic rings. The van der Waals surface area contributed by atoms with Gasteiger partial charge in [0.15, 0.2) is 0 Å². The highest BCUT2D eigenvalue weighted by atomic mass is 15.1. The Morgan fingerprint density at radius 3 is 2.64 bits per heavy atom. The number of para-hydroxylation sites is 1. The van der Waals surface area contributed by atoms with Crippen LogP contribution in [0.3, 0.4) is 0 Å². The van der Waals surface area contributed by atoms with E-state index in [-0.39, 0.29) is 0 Å². The van der Waals surface area contributed by atoms with Crippen LogP contribution >= 0.6 is 0 Å². The van der Waals surface area contributed by atoms with Crippen molar-refractivity contribution < 1.29 is 0 Å². The molecule has 0 aliphatic carbocycles. The molecule has 22 heavy (non-hydrogen) atoms. The summed E-state index contributed by atoms with van der Waals surface area (Å²) in [6.07, 6.45) is 1.12. The smallest absolute Gasteiger partial charge is 0.141 e. The fourth-order valence-electron chi connectivity index (χ4n) is 2.79. The SMILES string of the molecule is Cc1cccc(-c2nc3c(N)cccc3n2CCC(C)C)c1. The second kappa shape index (κ2) is 5.84. The number of anilines is 1. The standard InChI is InChI=1S/C19H23N3/c1-13(2)10-11-22-17-9-5-8-16(20)18(17)21-19(22)15-7-4-6-14(3)12-15/h4-9,12-13H,10-11,20H2,1-3H3. The Labute approximate surface area is 131 Å². The third-order valence-electron chi connectivity index (χ3n) is 4.02. The molecular weight excluding hydrogens is 270 g/mol. The van der Waals surface area contributed by atoms with Crippen molar-refractivity contribution in [1.82, 2.24) is 9.55 Å². The zero-order valence-electron chi connectivity index (χ0n) is 13.5. The average Bonchev–Trinajstić information content (AvgIpc) is 2.85. The molecule has 2 N–H and O–H groups in total. The number of fused-ring (bicyclic) bond motifs is 1. The first-order valence-electron chi connectivity index (χ1n) is 7.88. The number of aryl methyl sites for hydroxylation is 2. The van der Waals surface area contributed by atoms with Crippen molar-refractivity contribution in [1.29, 1.82) is 0 Å². The van der Waals surface area contributed by atoms with E-state index in [0.29, 0.717) is 5.92 Å². The van der Waals surface area contributed by atoms with E-state index >= 15 is 0 Å². The largest absolute Gasteiger partial charge is 0.397 e. The first-order valence-corrected chi connectivity index (χ1v) is 7.88. The monoisotopic (exact) mass is 293 g/mol. The number of nitrogens with two attached hydrogens (primary N) is 1. The van der Waals surface area contributed by atoms with Gasteiger partial charge in [0.1, 0.15) is 11.3 Å². The lowest BCUT2D eigenvalue weighted by atomic mass is 10.1. The Balaban J connectivity index is 2.19. The molecular formula is C19H23N3. The van der Waals surface area contributed by atoms with Crippen molar-refractivity contribution in [3.05, 3.63) is 48.0 Å². The average molecular weight is 293 g/mol. The molecule has 3 nitrogen and oxygen atoms in total. The van der Waals surface area contributed by atoms with E-state index in [1.54, 1.807) is 0 Å². The molecule has 3 heteroatoms. The van der Waals surface area contributed by atoms with Gasteiger partial charge >= 0.3 is 0 Å². The van der Waals surface area contributed by atoms with E-state index in [1.807, 2.05) is 12.1 Å². The molecule has 0 bridgehead atoms. The molecule has 0 unspecified atom stereocenters. The lowest BCUT2D eigenvalue weighted by molar-refractivity contribution is 0.525.